The second-order valence-corrected chi connectivity index (χ2v) is 4.84. The van der Waals surface area contributed by atoms with Crippen LogP contribution in [0.5, 0.6) is 0 Å². The van der Waals surface area contributed by atoms with Gasteiger partial charge in [0.1, 0.15) is 0 Å². The molecule has 96 valence electrons. The Bertz CT molecular complexity index is 514. The Balaban J connectivity index is 2.46. The van der Waals surface area contributed by atoms with Crippen molar-refractivity contribution in [3.63, 3.8) is 0 Å². The Morgan fingerprint density at radius 1 is 1.11 bits per heavy atom. The molecule has 1 aromatic carbocycles. The molecule has 2 aromatic rings. The lowest BCUT2D eigenvalue weighted by atomic mass is 9.93. The van der Waals surface area contributed by atoms with Crippen molar-refractivity contribution >= 4 is 0 Å². The Morgan fingerprint density at radius 2 is 1.83 bits per heavy atom. The van der Waals surface area contributed by atoms with E-state index in [4.69, 9.17) is 4.42 Å². The van der Waals surface area contributed by atoms with Crippen molar-refractivity contribution in [1.29, 1.82) is 0 Å². The van der Waals surface area contributed by atoms with Gasteiger partial charge >= 0.3 is 0 Å². The summed E-state index contributed by atoms with van der Waals surface area (Å²) in [5.74, 6) is 0. The lowest BCUT2D eigenvalue weighted by Crippen LogP contribution is -2.22. The fourth-order valence-corrected chi connectivity index (χ4v) is 2.34. The van der Waals surface area contributed by atoms with Gasteiger partial charge in [-0.3, -0.25) is 0 Å². The molecule has 1 aromatic heterocycles. The Hall–Kier alpha value is -1.54. The van der Waals surface area contributed by atoms with Crippen LogP contribution in [0.15, 0.2) is 35.1 Å². The minimum Gasteiger partial charge on any atom is -0.472 e. The van der Waals surface area contributed by atoms with E-state index in [0.29, 0.717) is 0 Å². The van der Waals surface area contributed by atoms with E-state index in [1.165, 1.54) is 27.8 Å². The van der Waals surface area contributed by atoms with E-state index in [2.05, 4.69) is 45.1 Å². The zero-order valence-electron chi connectivity index (χ0n) is 11.6. The van der Waals surface area contributed by atoms with E-state index in [1.807, 2.05) is 12.3 Å². The van der Waals surface area contributed by atoms with Crippen LogP contribution in [0.25, 0.3) is 0 Å². The molecular formula is C16H21NO. The van der Waals surface area contributed by atoms with Gasteiger partial charge in [-0.15, -0.1) is 0 Å². The Kier molecular flexibility index (Phi) is 3.87. The normalized spacial score (nSPS) is 12.7. The molecule has 2 nitrogen and oxygen atoms in total. The highest BCUT2D eigenvalue weighted by atomic mass is 16.3. The molecule has 2 heteroatoms. The van der Waals surface area contributed by atoms with Crippen molar-refractivity contribution in [2.75, 3.05) is 6.54 Å². The van der Waals surface area contributed by atoms with Gasteiger partial charge in [-0.25, -0.2) is 0 Å². The van der Waals surface area contributed by atoms with Crippen LogP contribution in [0.4, 0.5) is 0 Å². The highest BCUT2D eigenvalue weighted by molar-refractivity contribution is 5.41. The largest absolute Gasteiger partial charge is 0.472 e. The van der Waals surface area contributed by atoms with Crippen LogP contribution in [0.1, 0.15) is 40.8 Å². The average Bonchev–Trinajstić information content (AvgIpc) is 2.85. The second kappa shape index (κ2) is 5.40. The zero-order chi connectivity index (χ0) is 13.1. The summed E-state index contributed by atoms with van der Waals surface area (Å²) in [5.41, 5.74) is 6.52. The third-order valence-electron chi connectivity index (χ3n) is 3.48. The first-order chi connectivity index (χ1) is 8.63. The molecule has 2 rings (SSSR count). The van der Waals surface area contributed by atoms with E-state index in [9.17, 15) is 0 Å². The predicted octanol–water partition coefficient (Wildman–Crippen LogP) is 3.90. The topological polar surface area (TPSA) is 25.2 Å². The van der Waals surface area contributed by atoms with Gasteiger partial charge in [0.2, 0.25) is 0 Å². The average molecular weight is 243 g/mol. The summed E-state index contributed by atoms with van der Waals surface area (Å²) in [7, 11) is 0. The summed E-state index contributed by atoms with van der Waals surface area (Å²) in [5, 5.41) is 3.53. The molecular weight excluding hydrogens is 222 g/mol. The number of furan rings is 1. The van der Waals surface area contributed by atoms with Gasteiger partial charge in [-0.2, -0.15) is 0 Å². The SMILES string of the molecule is CCNC(c1ccoc1)c1cc(C)c(C)cc1C. The highest BCUT2D eigenvalue weighted by Gasteiger charge is 2.16. The molecule has 18 heavy (non-hydrogen) atoms. The fraction of sp³-hybridized carbons (Fsp3) is 0.375. The van der Waals surface area contributed by atoms with E-state index in [-0.39, 0.29) is 6.04 Å². The molecule has 0 aliphatic rings. The van der Waals surface area contributed by atoms with Gasteiger partial charge in [-0.05, 0) is 55.6 Å². The van der Waals surface area contributed by atoms with Crippen molar-refractivity contribution in [2.45, 2.75) is 33.7 Å². The van der Waals surface area contributed by atoms with Gasteiger partial charge in [0.05, 0.1) is 18.6 Å². The van der Waals surface area contributed by atoms with Crippen molar-refractivity contribution < 1.29 is 4.42 Å². The number of hydrogen-bond acceptors (Lipinski definition) is 2. The third-order valence-corrected chi connectivity index (χ3v) is 3.48. The lowest BCUT2D eigenvalue weighted by molar-refractivity contribution is 0.552. The minimum atomic E-state index is 0.216. The van der Waals surface area contributed by atoms with Crippen LogP contribution in [-0.2, 0) is 0 Å². The molecule has 0 saturated carbocycles. The number of benzene rings is 1. The minimum absolute atomic E-state index is 0.216. The van der Waals surface area contributed by atoms with E-state index < -0.39 is 0 Å². The maximum absolute atomic E-state index is 5.22. The van der Waals surface area contributed by atoms with Crippen molar-refractivity contribution in [3.05, 3.63) is 58.5 Å². The molecule has 1 heterocycles. The molecule has 1 unspecified atom stereocenters. The molecule has 1 atom stereocenters. The predicted molar refractivity (Wildman–Crippen MR) is 74.9 cm³/mol. The van der Waals surface area contributed by atoms with Crippen molar-refractivity contribution in [2.24, 2.45) is 0 Å². The van der Waals surface area contributed by atoms with Crippen LogP contribution in [0, 0.1) is 20.8 Å². The maximum Gasteiger partial charge on any atom is 0.0953 e. The third kappa shape index (κ3) is 2.49. The van der Waals surface area contributed by atoms with Gasteiger partial charge < -0.3 is 9.73 Å². The van der Waals surface area contributed by atoms with Crippen LogP contribution < -0.4 is 5.32 Å². The Labute approximate surface area is 109 Å². The smallest absolute Gasteiger partial charge is 0.0953 e. The van der Waals surface area contributed by atoms with Gasteiger partial charge in [0.25, 0.3) is 0 Å². The first-order valence-corrected chi connectivity index (χ1v) is 6.46. The van der Waals surface area contributed by atoms with E-state index in [0.717, 1.165) is 6.54 Å². The Morgan fingerprint density at radius 3 is 2.44 bits per heavy atom. The molecule has 0 spiro atoms. The summed E-state index contributed by atoms with van der Waals surface area (Å²) in [4.78, 5) is 0. The lowest BCUT2D eigenvalue weighted by Gasteiger charge is -2.20. The quantitative estimate of drug-likeness (QED) is 0.881. The first kappa shape index (κ1) is 12.9. The number of aryl methyl sites for hydroxylation is 3. The van der Waals surface area contributed by atoms with Crippen molar-refractivity contribution in [3.8, 4) is 0 Å². The first-order valence-electron chi connectivity index (χ1n) is 6.46. The van der Waals surface area contributed by atoms with E-state index >= 15 is 0 Å². The maximum atomic E-state index is 5.22. The monoisotopic (exact) mass is 243 g/mol. The summed E-state index contributed by atoms with van der Waals surface area (Å²) in [6, 6.07) is 6.79. The van der Waals surface area contributed by atoms with Gasteiger partial charge in [-0.1, -0.05) is 19.1 Å². The highest BCUT2D eigenvalue weighted by Crippen LogP contribution is 2.27. The van der Waals surface area contributed by atoms with Gasteiger partial charge in [0, 0.05) is 5.56 Å². The summed E-state index contributed by atoms with van der Waals surface area (Å²) >= 11 is 0. The number of nitrogens with one attached hydrogen (secondary N) is 1. The summed E-state index contributed by atoms with van der Waals surface area (Å²) in [6.45, 7) is 9.56. The second-order valence-electron chi connectivity index (χ2n) is 4.84. The van der Waals surface area contributed by atoms with Crippen LogP contribution in [0.2, 0.25) is 0 Å². The molecule has 0 fully saturated rings. The molecule has 0 amide bonds. The number of hydrogen-bond donors (Lipinski definition) is 1. The standard InChI is InChI=1S/C16H21NO/c1-5-17-16(14-6-7-18-10-14)15-9-12(3)11(2)8-13(15)4/h6-10,16-17H,5H2,1-4H3. The van der Waals surface area contributed by atoms with Crippen LogP contribution in [0.3, 0.4) is 0 Å². The summed E-state index contributed by atoms with van der Waals surface area (Å²) in [6.07, 6.45) is 3.55. The molecule has 0 radical (unpaired) electrons. The molecule has 0 bridgehead atoms. The van der Waals surface area contributed by atoms with Crippen LogP contribution in [-0.4, -0.2) is 6.54 Å². The number of rotatable bonds is 4. The molecule has 0 saturated heterocycles. The van der Waals surface area contributed by atoms with E-state index in [1.54, 1.807) is 6.26 Å². The fourth-order valence-electron chi connectivity index (χ4n) is 2.34. The molecule has 0 aliphatic carbocycles. The van der Waals surface area contributed by atoms with Crippen LogP contribution >= 0.6 is 0 Å². The molecule has 1 N–H and O–H groups in total. The summed E-state index contributed by atoms with van der Waals surface area (Å²) < 4.78 is 5.22. The van der Waals surface area contributed by atoms with Gasteiger partial charge in [0.15, 0.2) is 0 Å². The zero-order valence-corrected chi connectivity index (χ0v) is 11.6. The van der Waals surface area contributed by atoms with Crippen molar-refractivity contribution in [1.82, 2.24) is 5.32 Å². The molecule has 0 aliphatic heterocycles.